The van der Waals surface area contributed by atoms with Gasteiger partial charge in [-0.2, -0.15) is 6.07 Å². The van der Waals surface area contributed by atoms with Crippen LogP contribution >= 0.6 is 0 Å². The van der Waals surface area contributed by atoms with E-state index >= 15 is 0 Å². The van der Waals surface area contributed by atoms with Gasteiger partial charge in [0.15, 0.2) is 7.05 Å². The third-order valence-electron chi connectivity index (χ3n) is 6.87. The Morgan fingerprint density at radius 1 is 0.821 bits per heavy atom. The SMILES string of the molecule is C[N+]1=C=[N+](c2[c-]c3oc4ccccc4c3cc2)c2ccccc21.Cc1c[c-]c(-c2cc(C)c(C)cn2)cc1.[Ir]. The topological polar surface area (TPSA) is 32.0 Å². The summed E-state index contributed by atoms with van der Waals surface area (Å²) < 4.78 is 9.95. The van der Waals surface area contributed by atoms with E-state index in [2.05, 4.69) is 92.4 Å². The van der Waals surface area contributed by atoms with E-state index in [0.717, 1.165) is 50.3 Å². The van der Waals surface area contributed by atoms with Crippen LogP contribution in [0.1, 0.15) is 16.7 Å². The summed E-state index contributed by atoms with van der Waals surface area (Å²) in [5.41, 5.74) is 10.6. The van der Waals surface area contributed by atoms with E-state index < -0.39 is 0 Å². The predicted molar refractivity (Wildman–Crippen MR) is 154 cm³/mol. The molecule has 39 heavy (non-hydrogen) atoms. The molecular weight excluding hydrogens is 659 g/mol. The summed E-state index contributed by atoms with van der Waals surface area (Å²) >= 11 is 0. The first kappa shape index (κ1) is 26.5. The van der Waals surface area contributed by atoms with Crippen molar-refractivity contribution in [2.75, 3.05) is 7.05 Å². The third-order valence-corrected chi connectivity index (χ3v) is 6.87. The van der Waals surface area contributed by atoms with E-state index in [0.29, 0.717) is 0 Å². The van der Waals surface area contributed by atoms with Crippen LogP contribution in [-0.4, -0.2) is 22.6 Å². The van der Waals surface area contributed by atoms with Gasteiger partial charge in [-0.1, -0.05) is 75.6 Å². The van der Waals surface area contributed by atoms with Gasteiger partial charge in [-0.25, -0.2) is 0 Å². The molecule has 193 valence electrons. The predicted octanol–water partition coefficient (Wildman–Crippen LogP) is 8.15. The summed E-state index contributed by atoms with van der Waals surface area (Å²) in [7, 11) is 2.00. The number of rotatable bonds is 2. The van der Waals surface area contributed by atoms with Crippen molar-refractivity contribution in [1.29, 1.82) is 0 Å². The van der Waals surface area contributed by atoms with Crippen molar-refractivity contribution < 1.29 is 29.1 Å². The van der Waals surface area contributed by atoms with Crippen LogP contribution in [0.5, 0.6) is 0 Å². The molecule has 4 nitrogen and oxygen atoms in total. The third kappa shape index (κ3) is 5.13. The minimum absolute atomic E-state index is 0. The van der Waals surface area contributed by atoms with Crippen molar-refractivity contribution in [2.24, 2.45) is 0 Å². The number of aryl methyl sites for hydroxylation is 3. The zero-order valence-corrected chi connectivity index (χ0v) is 24.6. The summed E-state index contributed by atoms with van der Waals surface area (Å²) in [5.74, 6) is 0. The Balaban J connectivity index is 0.000000169. The molecule has 0 saturated carbocycles. The van der Waals surface area contributed by atoms with Crippen LogP contribution in [0.2, 0.25) is 0 Å². The smallest absolute Gasteiger partial charge is 0.483 e. The summed E-state index contributed by atoms with van der Waals surface area (Å²) in [6.07, 6.45) is 1.92. The molecule has 0 atom stereocenters. The Bertz CT molecular complexity index is 1890. The summed E-state index contributed by atoms with van der Waals surface area (Å²) in [6, 6.07) is 38.7. The van der Waals surface area contributed by atoms with Crippen molar-refractivity contribution in [2.45, 2.75) is 20.8 Å². The molecule has 0 spiro atoms. The van der Waals surface area contributed by atoms with Crippen LogP contribution in [0, 0.1) is 32.9 Å². The maximum absolute atomic E-state index is 5.94. The van der Waals surface area contributed by atoms with Crippen molar-refractivity contribution in [3.05, 3.63) is 120 Å². The van der Waals surface area contributed by atoms with E-state index in [1.165, 1.54) is 16.7 Å². The molecule has 1 radical (unpaired) electrons. The van der Waals surface area contributed by atoms with Crippen LogP contribution in [0.4, 0.5) is 17.1 Å². The number of pyridine rings is 1. The van der Waals surface area contributed by atoms with Crippen LogP contribution in [0.15, 0.2) is 95.5 Å². The van der Waals surface area contributed by atoms with Gasteiger partial charge in [-0.05, 0) is 36.6 Å². The molecule has 0 fully saturated rings. The monoisotopic (exact) mass is 686 g/mol. The van der Waals surface area contributed by atoms with Crippen molar-refractivity contribution in [1.82, 2.24) is 9.56 Å². The maximum Gasteiger partial charge on any atom is 0.494 e. The number of benzene rings is 4. The number of furan rings is 1. The molecule has 4 aromatic carbocycles. The number of aromatic nitrogens is 1. The number of para-hydroxylation sites is 3. The van der Waals surface area contributed by atoms with Gasteiger partial charge < -0.3 is 9.40 Å². The molecule has 0 aliphatic carbocycles. The van der Waals surface area contributed by atoms with Gasteiger partial charge in [0.25, 0.3) is 11.4 Å². The van der Waals surface area contributed by atoms with Crippen molar-refractivity contribution in [3.63, 3.8) is 0 Å². The van der Waals surface area contributed by atoms with E-state index in [9.17, 15) is 0 Å². The molecule has 2 aromatic heterocycles. The van der Waals surface area contributed by atoms with E-state index in [4.69, 9.17) is 4.42 Å². The maximum atomic E-state index is 5.94. The molecule has 0 unspecified atom stereocenters. The number of hydrogen-bond donors (Lipinski definition) is 0. The standard InChI is InChI=1S/C20H13N2O.C14H14N.Ir/c1-21-13-22(18-8-4-3-7-17(18)21)14-10-11-16-15-6-2-5-9-19(15)23-20(16)12-14;1-10-4-6-13(7-5-10)14-8-11(2)12(3)9-15-14;/h2-11H,1H3;4-6,8-9H,1-3H3;/q+1;-1;. The normalized spacial score (nSPS) is 11.8. The minimum Gasteiger partial charge on any atom is -0.483 e. The van der Waals surface area contributed by atoms with Crippen molar-refractivity contribution >= 4 is 45.0 Å². The molecule has 3 heterocycles. The Labute approximate surface area is 241 Å². The van der Waals surface area contributed by atoms with Gasteiger partial charge in [0.2, 0.25) is 0 Å². The molecule has 1 aliphatic rings. The number of nitrogens with zero attached hydrogens (tertiary/aromatic N) is 3. The first-order chi connectivity index (χ1) is 18.5. The fourth-order valence-electron chi connectivity index (χ4n) is 4.59. The average Bonchev–Trinajstić information content (AvgIpc) is 3.48. The molecule has 1 aliphatic heterocycles. The molecule has 5 heteroatoms. The average molecular weight is 686 g/mol. The quantitative estimate of drug-likeness (QED) is 0.136. The second-order valence-corrected chi connectivity index (χ2v) is 9.60. The largest absolute Gasteiger partial charge is 0.494 e. The molecule has 0 N–H and O–H groups in total. The van der Waals surface area contributed by atoms with Crippen LogP contribution in [-0.2, 0) is 20.1 Å². The van der Waals surface area contributed by atoms with E-state index in [1.54, 1.807) is 0 Å². The van der Waals surface area contributed by atoms with Crippen molar-refractivity contribution in [3.8, 4) is 11.3 Å². The van der Waals surface area contributed by atoms with Gasteiger partial charge in [0, 0.05) is 44.0 Å². The Morgan fingerprint density at radius 2 is 1.59 bits per heavy atom. The fourth-order valence-corrected chi connectivity index (χ4v) is 4.59. The van der Waals surface area contributed by atoms with Gasteiger partial charge >= 0.3 is 6.01 Å². The molecule has 0 amide bonds. The van der Waals surface area contributed by atoms with Crippen LogP contribution < -0.4 is 4.58 Å². The number of hydrogen-bond acceptors (Lipinski definition) is 2. The first-order valence-corrected chi connectivity index (χ1v) is 12.6. The van der Waals surface area contributed by atoms with Gasteiger partial charge in [-0.15, -0.1) is 35.4 Å². The molecule has 7 rings (SSSR count). The molecule has 6 aromatic rings. The van der Waals surface area contributed by atoms with Crippen LogP contribution in [0.25, 0.3) is 33.2 Å². The molecule has 0 bridgehead atoms. The van der Waals surface area contributed by atoms with Gasteiger partial charge in [0.1, 0.15) is 11.3 Å². The summed E-state index contributed by atoms with van der Waals surface area (Å²) in [4.78, 5) is 4.41. The minimum atomic E-state index is 0. The number of fused-ring (bicyclic) bond motifs is 4. The Kier molecular flexibility index (Phi) is 7.41. The van der Waals surface area contributed by atoms with E-state index in [1.807, 2.05) is 58.8 Å². The second kappa shape index (κ2) is 10.9. The molecular formula is C34H27IrN3O. The van der Waals surface area contributed by atoms with Gasteiger partial charge in [-0.3, -0.25) is 0 Å². The molecule has 0 saturated heterocycles. The second-order valence-electron chi connectivity index (χ2n) is 9.60. The summed E-state index contributed by atoms with van der Waals surface area (Å²) in [6.45, 7) is 6.24. The van der Waals surface area contributed by atoms with Gasteiger partial charge in [0.05, 0.1) is 0 Å². The van der Waals surface area contributed by atoms with Crippen LogP contribution in [0.3, 0.4) is 0 Å². The zero-order valence-electron chi connectivity index (χ0n) is 22.2. The first-order valence-electron chi connectivity index (χ1n) is 12.6. The fraction of sp³-hybridized carbons (Fsp3) is 0.118. The Hall–Kier alpha value is -4.14. The van der Waals surface area contributed by atoms with E-state index in [-0.39, 0.29) is 20.1 Å². The Morgan fingerprint density at radius 3 is 2.36 bits per heavy atom. The zero-order chi connectivity index (χ0) is 26.2. The summed E-state index contributed by atoms with van der Waals surface area (Å²) in [5, 5.41) is 2.21.